The van der Waals surface area contributed by atoms with E-state index in [1.807, 2.05) is 20.8 Å². The molecule has 1 aromatic heterocycles. The maximum atomic E-state index is 12.1. The van der Waals surface area contributed by atoms with E-state index in [0.717, 1.165) is 0 Å². The minimum Gasteiger partial charge on any atom is -0.315 e. The van der Waals surface area contributed by atoms with Crippen molar-refractivity contribution in [2.45, 2.75) is 31.0 Å². The highest BCUT2D eigenvalue weighted by atomic mass is 32.2. The van der Waals surface area contributed by atoms with Gasteiger partial charge in [0.2, 0.25) is 0 Å². The van der Waals surface area contributed by atoms with Crippen molar-refractivity contribution >= 4 is 21.2 Å². The Kier molecular flexibility index (Phi) is 4.15. The van der Waals surface area contributed by atoms with Crippen molar-refractivity contribution in [1.29, 1.82) is 0 Å². The molecule has 0 aromatic carbocycles. The fourth-order valence-electron chi connectivity index (χ4n) is 1.51. The molecule has 0 spiro atoms. The van der Waals surface area contributed by atoms with Crippen LogP contribution in [0.3, 0.4) is 0 Å². The number of hydrogen-bond donors (Lipinski definition) is 1. The summed E-state index contributed by atoms with van der Waals surface area (Å²) in [4.78, 5) is 0. The van der Waals surface area contributed by atoms with Gasteiger partial charge in [-0.3, -0.25) is 0 Å². The monoisotopic (exact) mass is 261 g/mol. The van der Waals surface area contributed by atoms with E-state index >= 15 is 0 Å². The summed E-state index contributed by atoms with van der Waals surface area (Å²) < 4.78 is 24.6. The summed E-state index contributed by atoms with van der Waals surface area (Å²) >= 11 is 1.28. The molecule has 1 aromatic rings. The Balaban J connectivity index is 2.88. The van der Waals surface area contributed by atoms with Gasteiger partial charge in [-0.1, -0.05) is 26.8 Å². The van der Waals surface area contributed by atoms with Crippen molar-refractivity contribution in [1.82, 2.24) is 5.32 Å². The molecular formula is C11H19NO2S2. The predicted molar refractivity (Wildman–Crippen MR) is 68.7 cm³/mol. The summed E-state index contributed by atoms with van der Waals surface area (Å²) in [5.74, 6) is 0.146. The summed E-state index contributed by atoms with van der Waals surface area (Å²) in [6.07, 6.45) is 0. The summed E-state index contributed by atoms with van der Waals surface area (Å²) in [6, 6.07) is 3.39. The first-order valence-corrected chi connectivity index (χ1v) is 7.74. The number of nitrogens with one attached hydrogen (secondary N) is 1. The Morgan fingerprint density at radius 2 is 2.06 bits per heavy atom. The first-order valence-electron chi connectivity index (χ1n) is 5.21. The number of hydrogen-bond acceptors (Lipinski definition) is 4. The molecule has 92 valence electrons. The molecule has 0 radical (unpaired) electrons. The predicted octanol–water partition coefficient (Wildman–Crippen LogP) is 2.16. The molecule has 1 unspecified atom stereocenters. The lowest BCUT2D eigenvalue weighted by molar-refractivity contribution is 0.302. The minimum atomic E-state index is -3.16. The van der Waals surface area contributed by atoms with E-state index in [9.17, 15) is 8.42 Å². The number of thiophene rings is 1. The van der Waals surface area contributed by atoms with Crippen LogP contribution >= 0.6 is 11.3 Å². The lowest BCUT2D eigenvalue weighted by atomic mass is 9.88. The third-order valence-electron chi connectivity index (χ3n) is 2.58. The molecule has 1 rings (SSSR count). The van der Waals surface area contributed by atoms with Crippen LogP contribution in [0.15, 0.2) is 21.7 Å². The zero-order valence-electron chi connectivity index (χ0n) is 10.1. The average Bonchev–Trinajstić information content (AvgIpc) is 2.65. The average molecular weight is 261 g/mol. The highest BCUT2D eigenvalue weighted by Gasteiger charge is 2.29. The molecule has 0 aliphatic rings. The highest BCUT2D eigenvalue weighted by molar-refractivity contribution is 7.93. The first-order chi connectivity index (χ1) is 7.27. The Bertz CT molecular complexity index is 415. The molecule has 0 bridgehead atoms. The van der Waals surface area contributed by atoms with Gasteiger partial charge in [0.25, 0.3) is 0 Å². The molecule has 3 nitrogen and oxygen atoms in total. The van der Waals surface area contributed by atoms with Gasteiger partial charge in [-0.2, -0.15) is 0 Å². The molecule has 1 N–H and O–H groups in total. The van der Waals surface area contributed by atoms with Crippen LogP contribution in [0, 0.1) is 5.41 Å². The molecule has 0 saturated carbocycles. The molecule has 0 saturated heterocycles. The second kappa shape index (κ2) is 4.85. The van der Waals surface area contributed by atoms with Crippen LogP contribution < -0.4 is 5.32 Å². The molecule has 0 fully saturated rings. The smallest absolute Gasteiger partial charge is 0.189 e. The maximum Gasteiger partial charge on any atom is 0.189 e. The van der Waals surface area contributed by atoms with Gasteiger partial charge in [0.15, 0.2) is 9.84 Å². The van der Waals surface area contributed by atoms with Gasteiger partial charge in [0, 0.05) is 6.04 Å². The van der Waals surface area contributed by atoms with E-state index in [-0.39, 0.29) is 17.2 Å². The van der Waals surface area contributed by atoms with E-state index < -0.39 is 9.84 Å². The molecule has 0 amide bonds. The molecule has 0 aliphatic heterocycles. The zero-order valence-corrected chi connectivity index (χ0v) is 11.8. The molecule has 0 aliphatic carbocycles. The van der Waals surface area contributed by atoms with Gasteiger partial charge in [0.05, 0.1) is 5.75 Å². The van der Waals surface area contributed by atoms with E-state index in [1.54, 1.807) is 24.6 Å². The SMILES string of the molecule is CNC(CS(=O)(=O)c1cccs1)C(C)(C)C. The van der Waals surface area contributed by atoms with Crippen LogP contribution in [0.1, 0.15) is 20.8 Å². The van der Waals surface area contributed by atoms with Gasteiger partial charge in [-0.25, -0.2) is 8.42 Å². The molecular weight excluding hydrogens is 242 g/mol. The highest BCUT2D eigenvalue weighted by Crippen LogP contribution is 2.24. The Hall–Kier alpha value is -0.390. The summed E-state index contributed by atoms with van der Waals surface area (Å²) in [5.41, 5.74) is -0.0704. The minimum absolute atomic E-state index is 0.0420. The lowest BCUT2D eigenvalue weighted by Gasteiger charge is -2.29. The van der Waals surface area contributed by atoms with E-state index in [0.29, 0.717) is 4.21 Å². The molecule has 1 heterocycles. The fraction of sp³-hybridized carbons (Fsp3) is 0.636. The van der Waals surface area contributed by atoms with Crippen molar-refractivity contribution < 1.29 is 8.42 Å². The summed E-state index contributed by atoms with van der Waals surface area (Å²) in [5, 5.41) is 4.88. The number of sulfone groups is 1. The fourth-order valence-corrected chi connectivity index (χ4v) is 4.47. The van der Waals surface area contributed by atoms with Crippen molar-refractivity contribution in [3.63, 3.8) is 0 Å². The number of rotatable bonds is 4. The van der Waals surface area contributed by atoms with Crippen LogP contribution in [0.25, 0.3) is 0 Å². The Labute approximate surface area is 102 Å². The van der Waals surface area contributed by atoms with Crippen LogP contribution in [-0.2, 0) is 9.84 Å². The van der Waals surface area contributed by atoms with Crippen molar-refractivity contribution in [2.24, 2.45) is 5.41 Å². The van der Waals surface area contributed by atoms with Crippen LogP contribution in [0.2, 0.25) is 0 Å². The third kappa shape index (κ3) is 3.30. The third-order valence-corrected chi connectivity index (χ3v) is 5.81. The zero-order chi connectivity index (χ0) is 12.4. The van der Waals surface area contributed by atoms with Crippen LogP contribution in [-0.4, -0.2) is 27.3 Å². The van der Waals surface area contributed by atoms with E-state index in [2.05, 4.69) is 5.32 Å². The summed E-state index contributed by atoms with van der Waals surface area (Å²) in [6.45, 7) is 6.12. The Morgan fingerprint density at radius 1 is 1.44 bits per heavy atom. The first kappa shape index (κ1) is 13.7. The van der Waals surface area contributed by atoms with Crippen molar-refractivity contribution in [3.05, 3.63) is 17.5 Å². The molecule has 16 heavy (non-hydrogen) atoms. The van der Waals surface area contributed by atoms with Gasteiger partial charge >= 0.3 is 0 Å². The van der Waals surface area contributed by atoms with Gasteiger partial charge in [-0.05, 0) is 23.9 Å². The van der Waals surface area contributed by atoms with E-state index in [4.69, 9.17) is 0 Å². The quantitative estimate of drug-likeness (QED) is 0.903. The van der Waals surface area contributed by atoms with Crippen LogP contribution in [0.5, 0.6) is 0 Å². The van der Waals surface area contributed by atoms with E-state index in [1.165, 1.54) is 11.3 Å². The second-order valence-electron chi connectivity index (χ2n) is 4.92. The molecule has 5 heteroatoms. The second-order valence-corrected chi connectivity index (χ2v) is 8.13. The Morgan fingerprint density at radius 3 is 2.44 bits per heavy atom. The van der Waals surface area contributed by atoms with Crippen molar-refractivity contribution in [2.75, 3.05) is 12.8 Å². The maximum absolute atomic E-state index is 12.1. The largest absolute Gasteiger partial charge is 0.315 e. The normalized spacial score (nSPS) is 15.0. The van der Waals surface area contributed by atoms with Gasteiger partial charge < -0.3 is 5.32 Å². The topological polar surface area (TPSA) is 46.2 Å². The molecule has 1 atom stereocenters. The van der Waals surface area contributed by atoms with Crippen molar-refractivity contribution in [3.8, 4) is 0 Å². The summed E-state index contributed by atoms with van der Waals surface area (Å²) in [7, 11) is -1.35. The standard InChI is InChI=1S/C11H19NO2S2/c1-11(2,3)9(12-4)8-16(13,14)10-6-5-7-15-10/h5-7,9,12H,8H2,1-4H3. The van der Waals surface area contributed by atoms with Crippen LogP contribution in [0.4, 0.5) is 0 Å². The van der Waals surface area contributed by atoms with Gasteiger partial charge in [-0.15, -0.1) is 11.3 Å². The lowest BCUT2D eigenvalue weighted by Crippen LogP contribution is -2.43. The van der Waals surface area contributed by atoms with Gasteiger partial charge in [0.1, 0.15) is 4.21 Å².